The Balaban J connectivity index is 1.61. The van der Waals surface area contributed by atoms with Gasteiger partial charge in [0.1, 0.15) is 0 Å². The van der Waals surface area contributed by atoms with Crippen LogP contribution >= 0.6 is 0 Å². The zero-order valence-electron chi connectivity index (χ0n) is 13.0. The molecule has 1 aliphatic heterocycles. The molecule has 22 heavy (non-hydrogen) atoms. The van der Waals surface area contributed by atoms with Gasteiger partial charge in [-0.25, -0.2) is 4.98 Å². The van der Waals surface area contributed by atoms with E-state index in [0.29, 0.717) is 5.92 Å². The fourth-order valence-corrected chi connectivity index (χ4v) is 3.49. The summed E-state index contributed by atoms with van der Waals surface area (Å²) in [6, 6.07) is 6.44. The van der Waals surface area contributed by atoms with Gasteiger partial charge >= 0.3 is 0 Å². The molecule has 0 saturated carbocycles. The maximum Gasteiger partial charge on any atom is 0.0958 e. The Morgan fingerprint density at radius 2 is 2.23 bits per heavy atom. The molecule has 4 rings (SSSR count). The highest BCUT2D eigenvalue weighted by molar-refractivity contribution is 5.81. The number of aromatic amines is 1. The van der Waals surface area contributed by atoms with E-state index in [4.69, 9.17) is 0 Å². The first kappa shape index (κ1) is 13.5. The second kappa shape index (κ2) is 4.95. The maximum atomic E-state index is 4.58. The summed E-state index contributed by atoms with van der Waals surface area (Å²) in [5.74, 6) is 0.668. The third-order valence-electron chi connectivity index (χ3n) is 4.58. The van der Waals surface area contributed by atoms with Crippen LogP contribution in [-0.2, 0) is 6.54 Å². The number of hydrogen-bond acceptors (Lipinski definition) is 3. The number of benzene rings is 1. The van der Waals surface area contributed by atoms with Crippen molar-refractivity contribution in [3.8, 4) is 11.1 Å². The summed E-state index contributed by atoms with van der Waals surface area (Å²) in [7, 11) is 0. The second-order valence-electron chi connectivity index (χ2n) is 6.92. The monoisotopic (exact) mass is 295 g/mol. The fourth-order valence-electron chi connectivity index (χ4n) is 3.49. The smallest absolute Gasteiger partial charge is 0.0958 e. The van der Waals surface area contributed by atoms with Crippen LogP contribution in [0.25, 0.3) is 22.2 Å². The van der Waals surface area contributed by atoms with Gasteiger partial charge < -0.3 is 9.88 Å². The first-order chi connectivity index (χ1) is 10.6. The summed E-state index contributed by atoms with van der Waals surface area (Å²) in [5.41, 5.74) is 4.75. The van der Waals surface area contributed by atoms with Gasteiger partial charge in [-0.3, -0.25) is 5.10 Å². The molecule has 2 aromatic heterocycles. The van der Waals surface area contributed by atoms with E-state index in [1.165, 1.54) is 11.9 Å². The van der Waals surface area contributed by atoms with E-state index in [2.05, 4.69) is 57.1 Å². The van der Waals surface area contributed by atoms with Gasteiger partial charge in [0, 0.05) is 30.4 Å². The number of rotatable bonds is 3. The summed E-state index contributed by atoms with van der Waals surface area (Å²) in [6.07, 6.45) is 6.92. The van der Waals surface area contributed by atoms with Crippen molar-refractivity contribution >= 4 is 11.0 Å². The lowest BCUT2D eigenvalue weighted by Gasteiger charge is -2.17. The Morgan fingerprint density at radius 1 is 1.32 bits per heavy atom. The highest BCUT2D eigenvalue weighted by Gasteiger charge is 2.30. The standard InChI is InChI=1S/C17H21N5/c1-17(2)6-12(7-19-17)10-22-11-18-15-5-13(3-4-16(15)22)14-8-20-21-9-14/h3-5,8-9,11-12,19H,6-7,10H2,1-2H3,(H,20,21). The van der Waals surface area contributed by atoms with Gasteiger partial charge in [-0.15, -0.1) is 0 Å². The molecule has 114 valence electrons. The molecule has 2 N–H and O–H groups in total. The summed E-state index contributed by atoms with van der Waals surface area (Å²) < 4.78 is 2.28. The molecule has 3 heterocycles. The molecular weight excluding hydrogens is 274 g/mol. The number of H-pyrrole nitrogens is 1. The topological polar surface area (TPSA) is 58.5 Å². The lowest BCUT2D eigenvalue weighted by molar-refractivity contribution is 0.421. The summed E-state index contributed by atoms with van der Waals surface area (Å²) in [4.78, 5) is 4.58. The third kappa shape index (κ3) is 2.41. The van der Waals surface area contributed by atoms with Crippen LogP contribution in [0.3, 0.4) is 0 Å². The minimum atomic E-state index is 0.259. The minimum Gasteiger partial charge on any atom is -0.330 e. The number of imidazole rings is 1. The molecule has 1 atom stereocenters. The summed E-state index contributed by atoms with van der Waals surface area (Å²) >= 11 is 0. The van der Waals surface area contributed by atoms with Crippen molar-refractivity contribution in [1.29, 1.82) is 0 Å². The second-order valence-corrected chi connectivity index (χ2v) is 6.92. The number of nitrogens with zero attached hydrogens (tertiary/aromatic N) is 3. The molecule has 1 aromatic carbocycles. The molecule has 0 bridgehead atoms. The number of fused-ring (bicyclic) bond motifs is 1. The van der Waals surface area contributed by atoms with Crippen LogP contribution in [0.2, 0.25) is 0 Å². The highest BCUT2D eigenvalue weighted by Crippen LogP contribution is 2.27. The van der Waals surface area contributed by atoms with Crippen molar-refractivity contribution in [3.63, 3.8) is 0 Å². The van der Waals surface area contributed by atoms with Crippen molar-refractivity contribution in [2.24, 2.45) is 5.92 Å². The van der Waals surface area contributed by atoms with Gasteiger partial charge in [-0.1, -0.05) is 6.07 Å². The first-order valence-corrected chi connectivity index (χ1v) is 7.80. The normalized spacial score (nSPS) is 20.7. The third-order valence-corrected chi connectivity index (χ3v) is 4.58. The SMILES string of the molecule is CC1(C)CC(Cn2cnc3cc(-c4cn[nH]c4)ccc32)CN1. The van der Waals surface area contributed by atoms with Crippen LogP contribution in [0.15, 0.2) is 36.9 Å². The quantitative estimate of drug-likeness (QED) is 0.781. The Kier molecular flexibility index (Phi) is 3.04. The van der Waals surface area contributed by atoms with Crippen LogP contribution in [0.4, 0.5) is 0 Å². The molecule has 0 amide bonds. The predicted octanol–water partition coefficient (Wildman–Crippen LogP) is 2.81. The van der Waals surface area contributed by atoms with Gasteiger partial charge in [0.15, 0.2) is 0 Å². The summed E-state index contributed by atoms with van der Waals surface area (Å²) in [5, 5.41) is 10.5. The first-order valence-electron chi connectivity index (χ1n) is 7.80. The molecule has 1 fully saturated rings. The molecule has 3 aromatic rings. The van der Waals surface area contributed by atoms with E-state index in [1.54, 1.807) is 0 Å². The fraction of sp³-hybridized carbons (Fsp3) is 0.412. The van der Waals surface area contributed by atoms with Crippen LogP contribution in [0.1, 0.15) is 20.3 Å². The van der Waals surface area contributed by atoms with E-state index in [1.807, 2.05) is 18.7 Å². The van der Waals surface area contributed by atoms with E-state index in [9.17, 15) is 0 Å². The van der Waals surface area contributed by atoms with Crippen molar-refractivity contribution in [3.05, 3.63) is 36.9 Å². The molecular formula is C17H21N5. The molecule has 5 heteroatoms. The Bertz CT molecular complexity index is 785. The number of aromatic nitrogens is 4. The van der Waals surface area contributed by atoms with E-state index < -0.39 is 0 Å². The summed E-state index contributed by atoms with van der Waals surface area (Å²) in [6.45, 7) is 6.66. The van der Waals surface area contributed by atoms with Crippen LogP contribution < -0.4 is 5.32 Å². The zero-order valence-corrected chi connectivity index (χ0v) is 13.0. The maximum absolute atomic E-state index is 4.58. The average Bonchev–Trinajstić information content (AvgIpc) is 3.20. The Labute approximate surface area is 129 Å². The molecule has 1 aliphatic rings. The molecule has 0 spiro atoms. The van der Waals surface area contributed by atoms with Crippen LogP contribution in [0.5, 0.6) is 0 Å². The van der Waals surface area contributed by atoms with E-state index >= 15 is 0 Å². The highest BCUT2D eigenvalue weighted by atomic mass is 15.1. The van der Waals surface area contributed by atoms with Crippen molar-refractivity contribution in [2.45, 2.75) is 32.4 Å². The van der Waals surface area contributed by atoms with Crippen LogP contribution in [-0.4, -0.2) is 31.8 Å². The molecule has 1 unspecified atom stereocenters. The van der Waals surface area contributed by atoms with Gasteiger partial charge in [-0.05, 0) is 43.9 Å². The average molecular weight is 295 g/mol. The van der Waals surface area contributed by atoms with Gasteiger partial charge in [0.25, 0.3) is 0 Å². The Morgan fingerprint density at radius 3 is 2.95 bits per heavy atom. The molecule has 0 radical (unpaired) electrons. The van der Waals surface area contributed by atoms with E-state index in [0.717, 1.165) is 29.7 Å². The minimum absolute atomic E-state index is 0.259. The van der Waals surface area contributed by atoms with Gasteiger partial charge in [0.2, 0.25) is 0 Å². The number of hydrogen-bond donors (Lipinski definition) is 2. The van der Waals surface area contributed by atoms with E-state index in [-0.39, 0.29) is 5.54 Å². The predicted molar refractivity (Wildman–Crippen MR) is 87.5 cm³/mol. The number of nitrogens with one attached hydrogen (secondary N) is 2. The van der Waals surface area contributed by atoms with Gasteiger partial charge in [-0.2, -0.15) is 5.10 Å². The molecule has 1 saturated heterocycles. The largest absolute Gasteiger partial charge is 0.330 e. The Hall–Kier alpha value is -2.14. The lowest BCUT2D eigenvalue weighted by Crippen LogP contribution is -2.31. The lowest BCUT2D eigenvalue weighted by atomic mass is 9.97. The van der Waals surface area contributed by atoms with Crippen molar-refractivity contribution in [1.82, 2.24) is 25.1 Å². The van der Waals surface area contributed by atoms with Crippen molar-refractivity contribution < 1.29 is 0 Å². The molecule has 5 nitrogen and oxygen atoms in total. The molecule has 0 aliphatic carbocycles. The van der Waals surface area contributed by atoms with Crippen molar-refractivity contribution in [2.75, 3.05) is 6.54 Å². The van der Waals surface area contributed by atoms with Crippen LogP contribution in [0, 0.1) is 5.92 Å². The van der Waals surface area contributed by atoms with Gasteiger partial charge in [0.05, 0.1) is 23.6 Å². The zero-order chi connectivity index (χ0) is 15.2.